The van der Waals surface area contributed by atoms with E-state index in [0.29, 0.717) is 30.6 Å². The number of benzene rings is 2. The molecule has 43 heavy (non-hydrogen) atoms. The molecule has 0 saturated carbocycles. The number of aryl methyl sites for hydroxylation is 3. The van der Waals surface area contributed by atoms with Crippen LogP contribution < -0.4 is 9.80 Å². The lowest BCUT2D eigenvalue weighted by atomic mass is 9.87. The summed E-state index contributed by atoms with van der Waals surface area (Å²) < 4.78 is 87.8. The van der Waals surface area contributed by atoms with Crippen LogP contribution in [-0.2, 0) is 43.5 Å². The molecule has 2 heterocycles. The van der Waals surface area contributed by atoms with Gasteiger partial charge in [-0.05, 0) is 104 Å². The van der Waals surface area contributed by atoms with Crippen molar-refractivity contribution in [2.24, 2.45) is 7.05 Å². The number of anilines is 2. The van der Waals surface area contributed by atoms with Gasteiger partial charge in [-0.3, -0.25) is 4.90 Å². The summed E-state index contributed by atoms with van der Waals surface area (Å²) in [5.41, 5.74) is 0.487. The average molecular weight is 611 g/mol. The van der Waals surface area contributed by atoms with Crippen LogP contribution in [0.4, 0.5) is 42.8 Å². The molecule has 1 amide bonds. The van der Waals surface area contributed by atoms with Crippen molar-refractivity contribution in [3.05, 3.63) is 63.7 Å². The van der Waals surface area contributed by atoms with E-state index in [9.17, 15) is 31.1 Å². The van der Waals surface area contributed by atoms with Gasteiger partial charge in [0, 0.05) is 13.1 Å². The minimum atomic E-state index is -4.99. The lowest BCUT2D eigenvalue weighted by Gasteiger charge is -2.33. The Hall–Kier alpha value is -3.84. The molecule has 0 radical (unpaired) electrons. The van der Waals surface area contributed by atoms with Crippen molar-refractivity contribution in [1.29, 1.82) is 0 Å². The zero-order chi connectivity index (χ0) is 31.1. The SMILES string of the molecule is CC(C)OC(=O)N1CCC[C@H](N(Cc2cc(C(F)(F)F)cc(C(F)(F)F)c2)c2nnn(C)n2)c2cc3c(cc21)CCCC3. The van der Waals surface area contributed by atoms with Gasteiger partial charge in [-0.25, -0.2) is 4.79 Å². The fourth-order valence-corrected chi connectivity index (χ4v) is 5.81. The first-order valence-electron chi connectivity index (χ1n) is 14.1. The summed E-state index contributed by atoms with van der Waals surface area (Å²) in [6, 6.07) is 4.93. The number of tetrazole rings is 1. The second-order valence-corrected chi connectivity index (χ2v) is 11.2. The molecule has 0 saturated heterocycles. The highest BCUT2D eigenvalue weighted by molar-refractivity contribution is 5.89. The number of nitrogens with zero attached hydrogens (tertiary/aromatic N) is 6. The van der Waals surface area contributed by atoms with Gasteiger partial charge in [0.05, 0.1) is 36.0 Å². The number of fused-ring (bicyclic) bond motifs is 2. The van der Waals surface area contributed by atoms with Crippen LogP contribution >= 0.6 is 0 Å². The smallest absolute Gasteiger partial charge is 0.416 e. The van der Waals surface area contributed by atoms with Crippen molar-refractivity contribution in [2.45, 2.75) is 83.4 Å². The maximum Gasteiger partial charge on any atom is 0.416 e. The predicted molar refractivity (Wildman–Crippen MR) is 145 cm³/mol. The Bertz CT molecular complexity index is 1450. The molecule has 3 aromatic rings. The number of hydrogen-bond donors (Lipinski definition) is 0. The minimum Gasteiger partial charge on any atom is -0.446 e. The van der Waals surface area contributed by atoms with E-state index in [0.717, 1.165) is 48.9 Å². The van der Waals surface area contributed by atoms with Crippen molar-refractivity contribution in [3.8, 4) is 0 Å². The van der Waals surface area contributed by atoms with Gasteiger partial charge >= 0.3 is 18.4 Å². The Kier molecular flexibility index (Phi) is 8.32. The molecule has 1 aromatic heterocycles. The number of alkyl halides is 6. The quantitative estimate of drug-likeness (QED) is 0.289. The number of rotatable bonds is 5. The van der Waals surface area contributed by atoms with Gasteiger partial charge in [-0.1, -0.05) is 11.2 Å². The van der Waals surface area contributed by atoms with Gasteiger partial charge in [0.25, 0.3) is 5.95 Å². The molecule has 2 aromatic carbocycles. The van der Waals surface area contributed by atoms with Crippen LogP contribution in [0.2, 0.25) is 0 Å². The highest BCUT2D eigenvalue weighted by Gasteiger charge is 2.38. The van der Waals surface area contributed by atoms with Gasteiger partial charge in [-0.2, -0.15) is 31.1 Å². The summed E-state index contributed by atoms with van der Waals surface area (Å²) in [5.74, 6) is 0.0420. The molecule has 0 fully saturated rings. The zero-order valence-corrected chi connectivity index (χ0v) is 24.0. The van der Waals surface area contributed by atoms with E-state index < -0.39 is 35.6 Å². The van der Waals surface area contributed by atoms with Gasteiger partial charge < -0.3 is 9.64 Å². The number of carbonyl (C=O) groups excluding carboxylic acids is 1. The molecule has 14 heteroatoms. The molecule has 0 unspecified atom stereocenters. The molecular formula is C29H32F6N6O2. The molecule has 1 atom stereocenters. The number of amides is 1. The van der Waals surface area contributed by atoms with Crippen molar-refractivity contribution in [3.63, 3.8) is 0 Å². The summed E-state index contributed by atoms with van der Waals surface area (Å²) in [4.78, 5) is 17.6. The standard InChI is InChI=1S/C29H32F6N6O2/c1-17(2)43-27(42)40-10-6-9-24(23-13-19-7-4-5-8-20(19)14-25(23)40)41(26-36-38-39(3)37-26)16-18-11-21(28(30,31)32)15-22(12-18)29(33,34)35/h11-15,17,24H,4-10,16H2,1-3H3/t24-/m0/s1. The van der Waals surface area contributed by atoms with Crippen molar-refractivity contribution in [2.75, 3.05) is 16.3 Å². The van der Waals surface area contributed by atoms with Crippen LogP contribution in [0.1, 0.15) is 79.0 Å². The molecule has 1 aliphatic heterocycles. The van der Waals surface area contributed by atoms with Crippen LogP contribution in [0.5, 0.6) is 0 Å². The molecular weight excluding hydrogens is 578 g/mol. The van der Waals surface area contributed by atoms with Crippen LogP contribution in [0.15, 0.2) is 30.3 Å². The Labute approximate surface area is 244 Å². The van der Waals surface area contributed by atoms with Crippen LogP contribution in [0.3, 0.4) is 0 Å². The van der Waals surface area contributed by atoms with E-state index in [1.807, 2.05) is 12.1 Å². The van der Waals surface area contributed by atoms with Crippen molar-refractivity contribution in [1.82, 2.24) is 20.2 Å². The maximum atomic E-state index is 13.7. The Morgan fingerprint density at radius 1 is 0.977 bits per heavy atom. The largest absolute Gasteiger partial charge is 0.446 e. The first-order valence-corrected chi connectivity index (χ1v) is 14.1. The molecule has 232 valence electrons. The van der Waals surface area contributed by atoms with Crippen LogP contribution in [-0.4, -0.2) is 38.9 Å². The number of carbonyl (C=O) groups is 1. The predicted octanol–water partition coefficient (Wildman–Crippen LogP) is 7.02. The number of aromatic nitrogens is 4. The van der Waals surface area contributed by atoms with E-state index in [-0.39, 0.29) is 30.2 Å². The molecule has 5 rings (SSSR count). The van der Waals surface area contributed by atoms with Crippen molar-refractivity contribution < 1.29 is 35.9 Å². The van der Waals surface area contributed by atoms with E-state index >= 15 is 0 Å². The van der Waals surface area contributed by atoms with Gasteiger partial charge in [-0.15, -0.1) is 5.10 Å². The second-order valence-electron chi connectivity index (χ2n) is 11.2. The molecule has 8 nitrogen and oxygen atoms in total. The summed E-state index contributed by atoms with van der Waals surface area (Å²) in [6.45, 7) is 3.45. The minimum absolute atomic E-state index is 0.0420. The van der Waals surface area contributed by atoms with E-state index in [4.69, 9.17) is 4.74 Å². The van der Waals surface area contributed by atoms with Crippen LogP contribution in [0.25, 0.3) is 0 Å². The molecule has 0 spiro atoms. The topological polar surface area (TPSA) is 76.4 Å². The lowest BCUT2D eigenvalue weighted by Crippen LogP contribution is -2.34. The van der Waals surface area contributed by atoms with Gasteiger partial charge in [0.15, 0.2) is 0 Å². The maximum absolute atomic E-state index is 13.7. The molecule has 1 aliphatic carbocycles. The molecule has 2 aliphatic rings. The fraction of sp³-hybridized carbons (Fsp3) is 0.517. The number of ether oxygens (including phenoxy) is 1. The Morgan fingerprint density at radius 3 is 2.16 bits per heavy atom. The first-order chi connectivity index (χ1) is 20.2. The van der Waals surface area contributed by atoms with Gasteiger partial charge in [0.2, 0.25) is 0 Å². The summed E-state index contributed by atoms with van der Waals surface area (Å²) in [5, 5.41) is 12.3. The van der Waals surface area contributed by atoms with Crippen LogP contribution in [0, 0.1) is 0 Å². The third-order valence-electron chi connectivity index (χ3n) is 7.69. The third-order valence-corrected chi connectivity index (χ3v) is 7.69. The van der Waals surface area contributed by atoms with Crippen molar-refractivity contribution >= 4 is 17.7 Å². The summed E-state index contributed by atoms with van der Waals surface area (Å²) >= 11 is 0. The Morgan fingerprint density at radius 2 is 1.60 bits per heavy atom. The lowest BCUT2D eigenvalue weighted by molar-refractivity contribution is -0.143. The second kappa shape index (κ2) is 11.7. The Balaban J connectivity index is 1.65. The highest BCUT2D eigenvalue weighted by Crippen LogP contribution is 2.43. The number of halogens is 6. The van der Waals surface area contributed by atoms with Gasteiger partial charge in [0.1, 0.15) is 0 Å². The van der Waals surface area contributed by atoms with E-state index in [2.05, 4.69) is 15.4 Å². The summed E-state index contributed by atoms with van der Waals surface area (Å²) in [7, 11) is 1.52. The average Bonchev–Trinajstić information content (AvgIpc) is 3.27. The molecule has 0 N–H and O–H groups in total. The fourth-order valence-electron chi connectivity index (χ4n) is 5.81. The van der Waals surface area contributed by atoms with E-state index in [1.165, 1.54) is 11.8 Å². The first kappa shape index (κ1) is 30.6. The normalized spacial score (nSPS) is 17.3. The molecule has 0 bridgehead atoms. The monoisotopic (exact) mass is 610 g/mol. The zero-order valence-electron chi connectivity index (χ0n) is 24.0. The summed E-state index contributed by atoms with van der Waals surface area (Å²) in [6.07, 6.45) is -6.34. The number of hydrogen-bond acceptors (Lipinski definition) is 6. The van der Waals surface area contributed by atoms with E-state index in [1.54, 1.807) is 23.6 Å². The third kappa shape index (κ3) is 6.72. The highest BCUT2D eigenvalue weighted by atomic mass is 19.4.